The van der Waals surface area contributed by atoms with E-state index < -0.39 is 0 Å². The topological polar surface area (TPSA) is 21.6 Å². The maximum Gasteiger partial charge on any atom is 0.148 e. The van der Waals surface area contributed by atoms with Crippen LogP contribution < -0.4 is 0 Å². The molecule has 2 heteroatoms. The van der Waals surface area contributed by atoms with Gasteiger partial charge in [0.15, 0.2) is 0 Å². The first-order valence-corrected chi connectivity index (χ1v) is 2.98. The van der Waals surface area contributed by atoms with E-state index in [1.54, 1.807) is 0 Å². The third-order valence-electron chi connectivity index (χ3n) is 1.20. The molecule has 0 fully saturated rings. The highest BCUT2D eigenvalue weighted by atomic mass is 16.5. The van der Waals surface area contributed by atoms with Gasteiger partial charge in [-0.15, -0.1) is 0 Å². The highest BCUT2D eigenvalue weighted by Gasteiger charge is 2.10. The average Bonchev–Trinajstić information content (AvgIpc) is 2.14. The molecular formula is C6H11NO. The number of hydrogen-bond donors (Lipinski definition) is 0. The van der Waals surface area contributed by atoms with Crippen molar-refractivity contribution in [2.24, 2.45) is 4.99 Å². The molecule has 0 amide bonds. The molecule has 1 atom stereocenters. The highest BCUT2D eigenvalue weighted by Crippen LogP contribution is 2.06. The van der Waals surface area contributed by atoms with Crippen LogP contribution in [0.25, 0.3) is 0 Å². The maximum atomic E-state index is 5.21. The Kier molecular flexibility index (Phi) is 1.63. The Balaban J connectivity index is 2.41. The quantitative estimate of drug-likeness (QED) is 0.501. The Morgan fingerprint density at radius 1 is 1.88 bits per heavy atom. The van der Waals surface area contributed by atoms with E-state index in [0.29, 0.717) is 0 Å². The van der Waals surface area contributed by atoms with Crippen molar-refractivity contribution in [3.8, 4) is 0 Å². The van der Waals surface area contributed by atoms with E-state index in [0.717, 1.165) is 18.7 Å². The Labute approximate surface area is 49.6 Å². The zero-order chi connectivity index (χ0) is 5.98. The second-order valence-electron chi connectivity index (χ2n) is 2.04. The molecule has 0 bridgehead atoms. The van der Waals surface area contributed by atoms with Gasteiger partial charge in [0.2, 0.25) is 0 Å². The maximum absolute atomic E-state index is 5.21. The summed E-state index contributed by atoms with van der Waals surface area (Å²) in [6.07, 6.45) is 1.16. The van der Waals surface area contributed by atoms with Gasteiger partial charge in [0.05, 0.1) is 6.61 Å². The lowest BCUT2D eigenvalue weighted by atomic mass is 10.4. The number of rotatable bonds is 1. The van der Waals surface area contributed by atoms with Crippen molar-refractivity contribution in [1.82, 2.24) is 0 Å². The predicted octanol–water partition coefficient (Wildman–Crippen LogP) is 1.21. The molecule has 0 aliphatic carbocycles. The van der Waals surface area contributed by atoms with E-state index in [2.05, 4.69) is 11.9 Å². The fraction of sp³-hybridized carbons (Fsp3) is 0.833. The van der Waals surface area contributed by atoms with E-state index in [1.165, 1.54) is 0 Å². The number of hydrogen-bond acceptors (Lipinski definition) is 2. The Hall–Kier alpha value is -0.370. The number of nitrogens with zero attached hydrogens (tertiary/aromatic N) is 1. The summed E-state index contributed by atoms with van der Waals surface area (Å²) < 4.78 is 5.21. The first-order valence-electron chi connectivity index (χ1n) is 2.98. The molecule has 0 saturated heterocycles. The largest absolute Gasteiger partial charge is 0.351 e. The normalized spacial score (nSPS) is 28.2. The van der Waals surface area contributed by atoms with E-state index >= 15 is 0 Å². The molecule has 0 N–H and O–H groups in total. The van der Waals surface area contributed by atoms with E-state index in [4.69, 9.17) is 4.74 Å². The summed E-state index contributed by atoms with van der Waals surface area (Å²) in [5.74, 6) is 0. The van der Waals surface area contributed by atoms with Crippen LogP contribution >= 0.6 is 0 Å². The van der Waals surface area contributed by atoms with Gasteiger partial charge in [0.1, 0.15) is 6.23 Å². The molecule has 1 aliphatic heterocycles. The van der Waals surface area contributed by atoms with Gasteiger partial charge in [-0.1, -0.05) is 6.92 Å². The lowest BCUT2D eigenvalue weighted by molar-refractivity contribution is 0.106. The van der Waals surface area contributed by atoms with Crippen LogP contribution in [0.3, 0.4) is 0 Å². The van der Waals surface area contributed by atoms with Crippen molar-refractivity contribution < 1.29 is 4.74 Å². The summed E-state index contributed by atoms with van der Waals surface area (Å²) in [4.78, 5) is 4.20. The second kappa shape index (κ2) is 2.27. The molecule has 8 heavy (non-hydrogen) atoms. The Morgan fingerprint density at radius 3 is 2.88 bits per heavy atom. The molecule has 46 valence electrons. The second-order valence-corrected chi connectivity index (χ2v) is 2.04. The minimum atomic E-state index is 0.162. The van der Waals surface area contributed by atoms with E-state index in [-0.39, 0.29) is 6.23 Å². The van der Waals surface area contributed by atoms with Crippen molar-refractivity contribution in [1.29, 1.82) is 0 Å². The summed E-state index contributed by atoms with van der Waals surface area (Å²) >= 11 is 0. The van der Waals surface area contributed by atoms with Gasteiger partial charge >= 0.3 is 0 Å². The molecule has 1 unspecified atom stereocenters. The lowest BCUT2D eigenvalue weighted by Gasteiger charge is -1.98. The van der Waals surface area contributed by atoms with Crippen LogP contribution in [0.4, 0.5) is 0 Å². The summed E-state index contributed by atoms with van der Waals surface area (Å²) in [6.45, 7) is 4.81. The summed E-state index contributed by atoms with van der Waals surface area (Å²) in [7, 11) is 0. The summed E-state index contributed by atoms with van der Waals surface area (Å²) in [5.41, 5.74) is 1.12. The summed E-state index contributed by atoms with van der Waals surface area (Å²) in [6, 6.07) is 0. The molecule has 0 radical (unpaired) electrons. The van der Waals surface area contributed by atoms with Crippen LogP contribution in [0.1, 0.15) is 20.3 Å². The van der Waals surface area contributed by atoms with Gasteiger partial charge in [-0.3, -0.25) is 4.99 Å². The molecule has 2 nitrogen and oxygen atoms in total. The smallest absolute Gasteiger partial charge is 0.148 e. The molecule has 0 aromatic carbocycles. The predicted molar refractivity (Wildman–Crippen MR) is 33.1 cm³/mol. The number of aliphatic imine (C=N–C) groups is 1. The standard InChI is InChI=1S/C6H11NO/c1-3-6-7-5(2)4-8-6/h6H,3-4H2,1-2H3. The van der Waals surface area contributed by atoms with Gasteiger partial charge in [-0.25, -0.2) is 0 Å². The van der Waals surface area contributed by atoms with Crippen LogP contribution in [0, 0.1) is 0 Å². The molecule has 1 heterocycles. The fourth-order valence-corrected chi connectivity index (χ4v) is 0.746. The SMILES string of the molecule is CCC1N=C(C)CO1. The molecule has 0 spiro atoms. The molecule has 1 rings (SSSR count). The third-order valence-corrected chi connectivity index (χ3v) is 1.20. The average molecular weight is 113 g/mol. The van der Waals surface area contributed by atoms with E-state index in [9.17, 15) is 0 Å². The minimum absolute atomic E-state index is 0.162. The molecule has 0 saturated carbocycles. The van der Waals surface area contributed by atoms with Gasteiger partial charge in [0, 0.05) is 5.71 Å². The van der Waals surface area contributed by atoms with Gasteiger partial charge in [-0.2, -0.15) is 0 Å². The Morgan fingerprint density at radius 2 is 2.62 bits per heavy atom. The molecule has 0 aromatic heterocycles. The van der Waals surface area contributed by atoms with E-state index in [1.807, 2.05) is 6.92 Å². The van der Waals surface area contributed by atoms with Crippen molar-refractivity contribution in [2.45, 2.75) is 26.5 Å². The first-order chi connectivity index (χ1) is 3.83. The minimum Gasteiger partial charge on any atom is -0.351 e. The van der Waals surface area contributed by atoms with Crippen LogP contribution in [0.2, 0.25) is 0 Å². The van der Waals surface area contributed by atoms with Gasteiger partial charge in [-0.05, 0) is 13.3 Å². The monoisotopic (exact) mass is 113 g/mol. The highest BCUT2D eigenvalue weighted by molar-refractivity contribution is 5.84. The molecule has 0 aromatic rings. The van der Waals surface area contributed by atoms with Crippen molar-refractivity contribution in [3.05, 3.63) is 0 Å². The van der Waals surface area contributed by atoms with Crippen LogP contribution in [-0.2, 0) is 4.74 Å². The first kappa shape index (κ1) is 5.76. The zero-order valence-corrected chi connectivity index (χ0v) is 5.35. The molecule has 1 aliphatic rings. The van der Waals surface area contributed by atoms with Gasteiger partial charge in [0.25, 0.3) is 0 Å². The molecular weight excluding hydrogens is 102 g/mol. The van der Waals surface area contributed by atoms with Crippen molar-refractivity contribution in [3.63, 3.8) is 0 Å². The van der Waals surface area contributed by atoms with Crippen molar-refractivity contribution in [2.75, 3.05) is 6.61 Å². The Bertz CT molecular complexity index is 109. The van der Waals surface area contributed by atoms with Crippen LogP contribution in [-0.4, -0.2) is 18.5 Å². The lowest BCUT2D eigenvalue weighted by Crippen LogP contribution is -2.00. The van der Waals surface area contributed by atoms with Crippen molar-refractivity contribution >= 4 is 5.71 Å². The van der Waals surface area contributed by atoms with Gasteiger partial charge < -0.3 is 4.74 Å². The van der Waals surface area contributed by atoms with Crippen LogP contribution in [0.5, 0.6) is 0 Å². The third kappa shape index (κ3) is 1.07. The number of ether oxygens (including phenoxy) is 1. The summed E-state index contributed by atoms with van der Waals surface area (Å²) in [5, 5.41) is 0. The fourth-order valence-electron chi connectivity index (χ4n) is 0.746. The zero-order valence-electron chi connectivity index (χ0n) is 5.35. The van der Waals surface area contributed by atoms with Crippen LogP contribution in [0.15, 0.2) is 4.99 Å².